The first-order chi connectivity index (χ1) is 9.77. The van der Waals surface area contributed by atoms with Gasteiger partial charge in [-0.3, -0.25) is 4.79 Å². The molecule has 0 aliphatic carbocycles. The minimum Gasteiger partial charge on any atom is -0.322 e. The lowest BCUT2D eigenvalue weighted by Gasteiger charge is -2.09. The smallest absolute Gasteiger partial charge is 0.255 e. The van der Waals surface area contributed by atoms with E-state index in [4.69, 9.17) is 13.0 Å². The maximum Gasteiger partial charge on any atom is 0.255 e. The number of hydrogen-bond donors (Lipinski definition) is 2. The van der Waals surface area contributed by atoms with Crippen LogP contribution in [0.15, 0.2) is 47.4 Å². The van der Waals surface area contributed by atoms with E-state index >= 15 is 0 Å². The van der Waals surface area contributed by atoms with Gasteiger partial charge in [-0.15, -0.1) is 0 Å². The number of nitrogens with two attached hydrogens (primary N) is 1. The third-order valence-corrected chi connectivity index (χ3v) is 3.78. The number of benzene rings is 2. The maximum absolute atomic E-state index is 12.1. The van der Waals surface area contributed by atoms with Crippen molar-refractivity contribution < 1.29 is 13.2 Å². The maximum atomic E-state index is 12.1. The van der Waals surface area contributed by atoms with Gasteiger partial charge in [-0.25, -0.2) is 13.6 Å². The van der Waals surface area contributed by atoms with E-state index in [1.54, 1.807) is 24.3 Å². The Hall–Kier alpha value is -2.12. The van der Waals surface area contributed by atoms with Gasteiger partial charge in [0.15, 0.2) is 0 Å². The molecule has 0 saturated carbocycles. The molecular formula is C14H13BN2O3S. The topological polar surface area (TPSA) is 89.3 Å². The molecule has 3 N–H and O–H groups in total. The van der Waals surface area contributed by atoms with Gasteiger partial charge >= 0.3 is 0 Å². The molecule has 0 aliphatic heterocycles. The number of hydrogen-bond acceptors (Lipinski definition) is 3. The van der Waals surface area contributed by atoms with Crippen LogP contribution in [0.3, 0.4) is 0 Å². The molecule has 7 heteroatoms. The predicted molar refractivity (Wildman–Crippen MR) is 82.3 cm³/mol. The monoisotopic (exact) mass is 300 g/mol. The Labute approximate surface area is 124 Å². The van der Waals surface area contributed by atoms with Gasteiger partial charge in [-0.2, -0.15) is 0 Å². The van der Waals surface area contributed by atoms with Crippen LogP contribution < -0.4 is 15.9 Å². The van der Waals surface area contributed by atoms with E-state index in [1.165, 1.54) is 18.2 Å². The van der Waals surface area contributed by atoms with Crippen molar-refractivity contribution in [3.63, 3.8) is 0 Å². The lowest BCUT2D eigenvalue weighted by molar-refractivity contribution is 0.102. The van der Waals surface area contributed by atoms with Crippen molar-refractivity contribution in [2.45, 2.75) is 11.8 Å². The number of sulfonamides is 1. The quantitative estimate of drug-likeness (QED) is 0.817. The molecule has 106 valence electrons. The van der Waals surface area contributed by atoms with Crippen LogP contribution in [0, 0.1) is 6.92 Å². The molecule has 0 aromatic heterocycles. The molecule has 21 heavy (non-hydrogen) atoms. The summed E-state index contributed by atoms with van der Waals surface area (Å²) in [6.07, 6.45) is 0. The van der Waals surface area contributed by atoms with Crippen LogP contribution in [0.25, 0.3) is 0 Å². The van der Waals surface area contributed by atoms with E-state index in [-0.39, 0.29) is 4.90 Å². The second-order valence-corrected chi connectivity index (χ2v) is 6.18. The minimum atomic E-state index is -3.82. The SMILES string of the molecule is [B]c1cc(C)ccc1C(=O)Nc1cccc(S(N)(=O)=O)c1. The average Bonchev–Trinajstić information content (AvgIpc) is 2.37. The van der Waals surface area contributed by atoms with E-state index < -0.39 is 15.9 Å². The molecule has 2 aromatic rings. The number of anilines is 1. The largest absolute Gasteiger partial charge is 0.322 e. The van der Waals surface area contributed by atoms with Gasteiger partial charge in [0.2, 0.25) is 10.0 Å². The van der Waals surface area contributed by atoms with E-state index in [9.17, 15) is 13.2 Å². The molecule has 0 unspecified atom stereocenters. The second kappa shape index (κ2) is 5.71. The van der Waals surface area contributed by atoms with Crippen molar-refractivity contribution in [3.05, 3.63) is 53.6 Å². The fourth-order valence-electron chi connectivity index (χ4n) is 1.84. The van der Waals surface area contributed by atoms with Crippen LogP contribution in [0.5, 0.6) is 0 Å². The number of aryl methyl sites for hydroxylation is 1. The molecule has 2 rings (SSSR count). The summed E-state index contributed by atoms with van der Waals surface area (Å²) in [6, 6.07) is 10.8. The van der Waals surface area contributed by atoms with E-state index in [0.717, 1.165) is 5.56 Å². The molecule has 5 nitrogen and oxygen atoms in total. The predicted octanol–water partition coefficient (Wildman–Crippen LogP) is 0.689. The number of primary sulfonamides is 1. The van der Waals surface area contributed by atoms with Gasteiger partial charge in [-0.05, 0) is 31.2 Å². The van der Waals surface area contributed by atoms with Gasteiger partial charge in [0.25, 0.3) is 5.91 Å². The first-order valence-corrected chi connectivity index (χ1v) is 7.62. The summed E-state index contributed by atoms with van der Waals surface area (Å²) in [5, 5.41) is 7.64. The normalized spacial score (nSPS) is 11.1. The fourth-order valence-corrected chi connectivity index (χ4v) is 2.40. The minimum absolute atomic E-state index is 0.0721. The standard InChI is InChI=1S/C14H13BN2O3S/c1-9-5-6-12(13(15)7-9)14(18)17-10-3-2-4-11(8-10)21(16,19)20/h2-8H,1H3,(H,17,18)(H2,16,19,20). The van der Waals surface area contributed by atoms with Crippen molar-refractivity contribution in [1.29, 1.82) is 0 Å². The number of amides is 1. The molecular weight excluding hydrogens is 287 g/mol. The fraction of sp³-hybridized carbons (Fsp3) is 0.0714. The van der Waals surface area contributed by atoms with Crippen LogP contribution in [0.1, 0.15) is 15.9 Å². The van der Waals surface area contributed by atoms with Crippen LogP contribution in [0.4, 0.5) is 5.69 Å². The van der Waals surface area contributed by atoms with Gasteiger partial charge in [0.05, 0.1) is 4.90 Å². The summed E-state index contributed by atoms with van der Waals surface area (Å²) in [7, 11) is 1.98. The molecule has 0 fully saturated rings. The summed E-state index contributed by atoms with van der Waals surface area (Å²) in [5.74, 6) is -0.418. The zero-order valence-electron chi connectivity index (χ0n) is 11.3. The molecule has 0 spiro atoms. The Balaban J connectivity index is 2.28. The molecule has 2 aromatic carbocycles. The second-order valence-electron chi connectivity index (χ2n) is 4.62. The summed E-state index contributed by atoms with van der Waals surface area (Å²) >= 11 is 0. The zero-order chi connectivity index (χ0) is 15.6. The highest BCUT2D eigenvalue weighted by atomic mass is 32.2. The summed E-state index contributed by atoms with van der Waals surface area (Å²) < 4.78 is 22.6. The lowest BCUT2D eigenvalue weighted by atomic mass is 9.88. The number of carbonyl (C=O) groups excluding carboxylic acids is 1. The van der Waals surface area contributed by atoms with Gasteiger partial charge in [0.1, 0.15) is 7.85 Å². The van der Waals surface area contributed by atoms with Crippen molar-refractivity contribution in [3.8, 4) is 0 Å². The third kappa shape index (κ3) is 3.71. The molecule has 1 amide bonds. The molecule has 0 heterocycles. The van der Waals surface area contributed by atoms with Crippen LogP contribution in [0.2, 0.25) is 0 Å². The number of nitrogens with one attached hydrogen (secondary N) is 1. The van der Waals surface area contributed by atoms with Crippen molar-refractivity contribution in [2.24, 2.45) is 5.14 Å². The third-order valence-electron chi connectivity index (χ3n) is 2.87. The first-order valence-electron chi connectivity index (χ1n) is 6.08. The first kappa shape index (κ1) is 15.3. The average molecular weight is 300 g/mol. The zero-order valence-corrected chi connectivity index (χ0v) is 12.1. The van der Waals surface area contributed by atoms with Gasteiger partial charge in [-0.1, -0.05) is 29.2 Å². The highest BCUT2D eigenvalue weighted by Gasteiger charge is 2.11. The molecule has 2 radical (unpaired) electrons. The highest BCUT2D eigenvalue weighted by molar-refractivity contribution is 7.89. The van der Waals surface area contributed by atoms with E-state index in [0.29, 0.717) is 16.7 Å². The highest BCUT2D eigenvalue weighted by Crippen LogP contribution is 2.15. The Morgan fingerprint density at radius 3 is 2.52 bits per heavy atom. The van der Waals surface area contributed by atoms with Crippen LogP contribution in [-0.4, -0.2) is 22.2 Å². The Bertz CT molecular complexity index is 804. The van der Waals surface area contributed by atoms with Gasteiger partial charge < -0.3 is 5.32 Å². The molecule has 0 bridgehead atoms. The molecule has 0 atom stereocenters. The summed E-state index contributed by atoms with van der Waals surface area (Å²) in [4.78, 5) is 12.1. The number of carbonyl (C=O) groups is 1. The van der Waals surface area contributed by atoms with E-state index in [2.05, 4.69) is 5.32 Å². The van der Waals surface area contributed by atoms with Crippen LogP contribution >= 0.6 is 0 Å². The Kier molecular flexibility index (Phi) is 4.15. The van der Waals surface area contributed by atoms with E-state index in [1.807, 2.05) is 6.92 Å². The van der Waals surface area contributed by atoms with Gasteiger partial charge in [0, 0.05) is 11.3 Å². The molecule has 0 saturated heterocycles. The van der Waals surface area contributed by atoms with Crippen molar-refractivity contribution in [2.75, 3.05) is 5.32 Å². The van der Waals surface area contributed by atoms with Crippen molar-refractivity contribution >= 4 is 34.9 Å². The lowest BCUT2D eigenvalue weighted by Crippen LogP contribution is -2.22. The summed E-state index contributed by atoms with van der Waals surface area (Å²) in [5.41, 5.74) is 1.95. The number of rotatable bonds is 3. The Morgan fingerprint density at radius 2 is 1.90 bits per heavy atom. The Morgan fingerprint density at radius 1 is 1.19 bits per heavy atom. The summed E-state index contributed by atoms with van der Waals surface area (Å²) in [6.45, 7) is 1.87. The van der Waals surface area contributed by atoms with Crippen LogP contribution in [-0.2, 0) is 10.0 Å². The van der Waals surface area contributed by atoms with Crippen molar-refractivity contribution in [1.82, 2.24) is 0 Å². The molecule has 0 aliphatic rings.